The van der Waals surface area contributed by atoms with Crippen LogP contribution in [0.4, 0.5) is 0 Å². The number of esters is 1. The third-order valence-corrected chi connectivity index (χ3v) is 1.94. The molecule has 6 nitrogen and oxygen atoms in total. The van der Waals surface area contributed by atoms with Crippen molar-refractivity contribution in [3.05, 3.63) is 23.2 Å². The van der Waals surface area contributed by atoms with Gasteiger partial charge in [0.1, 0.15) is 10.8 Å². The van der Waals surface area contributed by atoms with Crippen molar-refractivity contribution >= 4 is 23.5 Å². The maximum atomic E-state index is 11.5. The van der Waals surface area contributed by atoms with E-state index in [-0.39, 0.29) is 29.8 Å². The van der Waals surface area contributed by atoms with Crippen LogP contribution in [0, 0.1) is 0 Å². The Morgan fingerprint density at radius 1 is 1.47 bits per heavy atom. The number of nitrogens with one attached hydrogen (secondary N) is 1. The molecule has 1 N–H and O–H groups in total. The van der Waals surface area contributed by atoms with E-state index in [2.05, 4.69) is 15.3 Å². The number of hydrogen-bond donors (Lipinski definition) is 1. The maximum absolute atomic E-state index is 11.5. The molecule has 0 aliphatic heterocycles. The second-order valence-corrected chi connectivity index (χ2v) is 3.43. The summed E-state index contributed by atoms with van der Waals surface area (Å²) in [5.74, 6) is -0.783. The van der Waals surface area contributed by atoms with E-state index in [9.17, 15) is 9.59 Å². The molecule has 0 aliphatic rings. The van der Waals surface area contributed by atoms with Gasteiger partial charge < -0.3 is 10.1 Å². The average molecular weight is 258 g/mol. The summed E-state index contributed by atoms with van der Waals surface area (Å²) in [6, 6.07) is 0. The highest BCUT2D eigenvalue weighted by Crippen LogP contribution is 2.02. The van der Waals surface area contributed by atoms with E-state index < -0.39 is 5.91 Å². The number of rotatable bonds is 5. The number of aromatic nitrogens is 2. The lowest BCUT2D eigenvalue weighted by Gasteiger charge is -2.04. The standard InChI is InChI=1S/C10H12ClN3O3/c1-2-17-9(15)3-4-13-10(16)7-5-12-6-8(11)14-7/h5-6H,2-4H2,1H3,(H,13,16). The molecule has 17 heavy (non-hydrogen) atoms. The number of nitrogens with zero attached hydrogens (tertiary/aromatic N) is 2. The monoisotopic (exact) mass is 257 g/mol. The first-order valence-electron chi connectivity index (χ1n) is 5.05. The molecule has 7 heteroatoms. The van der Waals surface area contributed by atoms with Gasteiger partial charge in [-0.3, -0.25) is 14.6 Å². The molecule has 0 fully saturated rings. The van der Waals surface area contributed by atoms with Crippen molar-refractivity contribution in [1.29, 1.82) is 0 Å². The molecule has 0 aliphatic carbocycles. The predicted octanol–water partition coefficient (Wildman–Crippen LogP) is 0.813. The Morgan fingerprint density at radius 2 is 2.24 bits per heavy atom. The van der Waals surface area contributed by atoms with Crippen LogP contribution in [-0.4, -0.2) is 35.0 Å². The van der Waals surface area contributed by atoms with Crippen LogP contribution in [0.2, 0.25) is 5.15 Å². The molecule has 0 saturated heterocycles. The largest absolute Gasteiger partial charge is 0.466 e. The van der Waals surface area contributed by atoms with Gasteiger partial charge in [-0.15, -0.1) is 0 Å². The number of carbonyl (C=O) groups excluding carboxylic acids is 2. The molecule has 0 saturated carbocycles. The van der Waals surface area contributed by atoms with E-state index >= 15 is 0 Å². The van der Waals surface area contributed by atoms with Gasteiger partial charge in [0.2, 0.25) is 0 Å². The fourth-order valence-electron chi connectivity index (χ4n) is 1.05. The van der Waals surface area contributed by atoms with Crippen molar-refractivity contribution in [3.8, 4) is 0 Å². The minimum absolute atomic E-state index is 0.112. The second-order valence-electron chi connectivity index (χ2n) is 3.04. The molecule has 1 rings (SSSR count). The number of carbonyl (C=O) groups is 2. The third kappa shape index (κ3) is 4.78. The first kappa shape index (κ1) is 13.4. The van der Waals surface area contributed by atoms with Crippen LogP contribution in [0.15, 0.2) is 12.4 Å². The van der Waals surface area contributed by atoms with Crippen LogP contribution in [0.3, 0.4) is 0 Å². The molecule has 0 radical (unpaired) electrons. The van der Waals surface area contributed by atoms with Gasteiger partial charge in [0.25, 0.3) is 5.91 Å². The summed E-state index contributed by atoms with van der Waals surface area (Å²) in [5, 5.41) is 2.66. The molecule has 0 spiro atoms. The fraction of sp³-hybridized carbons (Fsp3) is 0.400. The van der Waals surface area contributed by atoms with Crippen LogP contribution in [0.1, 0.15) is 23.8 Å². The van der Waals surface area contributed by atoms with Crippen molar-refractivity contribution in [2.24, 2.45) is 0 Å². The number of amides is 1. The van der Waals surface area contributed by atoms with E-state index in [0.29, 0.717) is 6.61 Å². The van der Waals surface area contributed by atoms with Gasteiger partial charge in [-0.2, -0.15) is 0 Å². The highest BCUT2D eigenvalue weighted by molar-refractivity contribution is 6.29. The summed E-state index contributed by atoms with van der Waals surface area (Å²) >= 11 is 5.59. The first-order valence-corrected chi connectivity index (χ1v) is 5.42. The van der Waals surface area contributed by atoms with Crippen molar-refractivity contribution in [3.63, 3.8) is 0 Å². The van der Waals surface area contributed by atoms with Gasteiger partial charge >= 0.3 is 5.97 Å². The van der Waals surface area contributed by atoms with Gasteiger partial charge in [-0.05, 0) is 6.92 Å². The second kappa shape index (κ2) is 6.80. The van der Waals surface area contributed by atoms with Crippen molar-refractivity contribution < 1.29 is 14.3 Å². The fourth-order valence-corrected chi connectivity index (χ4v) is 1.20. The Bertz CT molecular complexity index is 412. The highest BCUT2D eigenvalue weighted by Gasteiger charge is 2.09. The van der Waals surface area contributed by atoms with E-state index in [0.717, 1.165) is 0 Å². The number of ether oxygens (including phenoxy) is 1. The summed E-state index contributed by atoms with van der Waals surface area (Å²) in [5.41, 5.74) is 0.112. The molecule has 1 aromatic heterocycles. The zero-order valence-electron chi connectivity index (χ0n) is 9.27. The summed E-state index contributed by atoms with van der Waals surface area (Å²) in [7, 11) is 0. The Hall–Kier alpha value is -1.69. The normalized spacial score (nSPS) is 9.76. The van der Waals surface area contributed by atoms with Gasteiger partial charge in [0, 0.05) is 6.54 Å². The van der Waals surface area contributed by atoms with E-state index in [4.69, 9.17) is 16.3 Å². The van der Waals surface area contributed by atoms with Crippen LogP contribution >= 0.6 is 11.6 Å². The number of halogens is 1. The van der Waals surface area contributed by atoms with Gasteiger partial charge in [-0.1, -0.05) is 11.6 Å². The predicted molar refractivity (Wildman–Crippen MR) is 60.6 cm³/mol. The summed E-state index contributed by atoms with van der Waals surface area (Å²) in [6.45, 7) is 2.23. The van der Waals surface area contributed by atoms with Crippen LogP contribution in [-0.2, 0) is 9.53 Å². The minimum Gasteiger partial charge on any atom is -0.466 e. The molecule has 1 aromatic rings. The maximum Gasteiger partial charge on any atom is 0.307 e. The Labute approximate surface area is 103 Å². The van der Waals surface area contributed by atoms with Crippen molar-refractivity contribution in [2.75, 3.05) is 13.2 Å². The Morgan fingerprint density at radius 3 is 2.88 bits per heavy atom. The molecular formula is C10H12ClN3O3. The van der Waals surface area contributed by atoms with Gasteiger partial charge in [0.05, 0.1) is 25.4 Å². The van der Waals surface area contributed by atoms with Gasteiger partial charge in [0.15, 0.2) is 0 Å². The molecular weight excluding hydrogens is 246 g/mol. The molecule has 92 valence electrons. The third-order valence-electron chi connectivity index (χ3n) is 1.76. The molecule has 0 aromatic carbocycles. The van der Waals surface area contributed by atoms with E-state index in [1.54, 1.807) is 6.92 Å². The lowest BCUT2D eigenvalue weighted by atomic mass is 10.4. The number of hydrogen-bond acceptors (Lipinski definition) is 5. The summed E-state index contributed by atoms with van der Waals surface area (Å²) in [4.78, 5) is 30.0. The quantitative estimate of drug-likeness (QED) is 0.790. The van der Waals surface area contributed by atoms with Crippen molar-refractivity contribution in [1.82, 2.24) is 15.3 Å². The highest BCUT2D eigenvalue weighted by atomic mass is 35.5. The molecule has 0 unspecified atom stereocenters. The van der Waals surface area contributed by atoms with Crippen LogP contribution in [0.25, 0.3) is 0 Å². The molecule has 0 atom stereocenters. The Balaban J connectivity index is 2.38. The van der Waals surface area contributed by atoms with Crippen LogP contribution < -0.4 is 5.32 Å². The lowest BCUT2D eigenvalue weighted by molar-refractivity contribution is -0.142. The SMILES string of the molecule is CCOC(=O)CCNC(=O)c1cncc(Cl)n1. The van der Waals surface area contributed by atoms with Crippen molar-refractivity contribution in [2.45, 2.75) is 13.3 Å². The molecule has 1 heterocycles. The minimum atomic E-state index is -0.427. The zero-order valence-corrected chi connectivity index (χ0v) is 10.0. The molecule has 0 bridgehead atoms. The van der Waals surface area contributed by atoms with E-state index in [1.807, 2.05) is 0 Å². The smallest absolute Gasteiger partial charge is 0.307 e. The summed E-state index contributed by atoms with van der Waals surface area (Å²) < 4.78 is 4.71. The van der Waals surface area contributed by atoms with Gasteiger partial charge in [-0.25, -0.2) is 4.98 Å². The first-order chi connectivity index (χ1) is 8.13. The molecule has 1 amide bonds. The van der Waals surface area contributed by atoms with Crippen LogP contribution in [0.5, 0.6) is 0 Å². The van der Waals surface area contributed by atoms with E-state index in [1.165, 1.54) is 12.4 Å². The topological polar surface area (TPSA) is 81.2 Å². The Kier molecular flexibility index (Phi) is 5.35. The zero-order chi connectivity index (χ0) is 12.7. The average Bonchev–Trinajstić information content (AvgIpc) is 2.29. The lowest BCUT2D eigenvalue weighted by Crippen LogP contribution is -2.27. The summed E-state index contributed by atoms with van der Waals surface area (Å²) in [6.07, 6.45) is 2.75.